The maximum Gasteiger partial charge on any atom is 0.264 e. The van der Waals surface area contributed by atoms with Gasteiger partial charge in [-0.15, -0.1) is 0 Å². The van der Waals surface area contributed by atoms with E-state index < -0.39 is 28.5 Å². The van der Waals surface area contributed by atoms with Crippen LogP contribution in [0.3, 0.4) is 0 Å². The summed E-state index contributed by atoms with van der Waals surface area (Å²) in [6.07, 6.45) is 0.507. The summed E-state index contributed by atoms with van der Waals surface area (Å²) < 4.78 is 28.7. The highest BCUT2D eigenvalue weighted by Gasteiger charge is 2.33. The van der Waals surface area contributed by atoms with Crippen molar-refractivity contribution >= 4 is 39.1 Å². The van der Waals surface area contributed by atoms with Crippen molar-refractivity contribution in [2.75, 3.05) is 17.4 Å². The second-order valence-corrected chi connectivity index (χ2v) is 11.6. The molecule has 38 heavy (non-hydrogen) atoms. The molecule has 0 aromatic heterocycles. The summed E-state index contributed by atoms with van der Waals surface area (Å²) in [6.45, 7) is 6.80. The number of halogens is 1. The van der Waals surface area contributed by atoms with Gasteiger partial charge in [-0.05, 0) is 69.5 Å². The minimum absolute atomic E-state index is 0.0496. The van der Waals surface area contributed by atoms with Crippen LogP contribution in [0.2, 0.25) is 5.02 Å². The molecule has 1 N–H and O–H groups in total. The summed E-state index contributed by atoms with van der Waals surface area (Å²) in [5.41, 5.74) is 1.83. The lowest BCUT2D eigenvalue weighted by molar-refractivity contribution is -0.139. The molecule has 0 aliphatic carbocycles. The minimum atomic E-state index is -4.13. The second kappa shape index (κ2) is 12.9. The van der Waals surface area contributed by atoms with Gasteiger partial charge in [0.25, 0.3) is 10.0 Å². The molecule has 0 aliphatic rings. The van der Waals surface area contributed by atoms with Crippen LogP contribution in [-0.4, -0.2) is 50.3 Å². The zero-order valence-corrected chi connectivity index (χ0v) is 23.7. The van der Waals surface area contributed by atoms with Crippen LogP contribution in [0.4, 0.5) is 5.69 Å². The van der Waals surface area contributed by atoms with Gasteiger partial charge < -0.3 is 10.2 Å². The average Bonchev–Trinajstić information content (AvgIpc) is 2.89. The molecule has 0 radical (unpaired) electrons. The Bertz CT molecular complexity index is 1350. The monoisotopic (exact) mass is 555 g/mol. The maximum absolute atomic E-state index is 13.9. The molecule has 3 aromatic carbocycles. The molecule has 2 amide bonds. The lowest BCUT2D eigenvalue weighted by Gasteiger charge is -2.32. The first-order valence-electron chi connectivity index (χ1n) is 12.5. The fourth-order valence-corrected chi connectivity index (χ4v) is 5.74. The summed E-state index contributed by atoms with van der Waals surface area (Å²) in [7, 11) is -4.13. The topological polar surface area (TPSA) is 86.8 Å². The summed E-state index contributed by atoms with van der Waals surface area (Å²) in [5.74, 6) is -0.802. The van der Waals surface area contributed by atoms with Crippen LogP contribution in [0.5, 0.6) is 0 Å². The Morgan fingerprint density at radius 3 is 2.11 bits per heavy atom. The molecule has 202 valence electrons. The molecule has 0 saturated heterocycles. The fraction of sp³-hybridized carbons (Fsp3) is 0.310. The molecule has 0 bridgehead atoms. The fourth-order valence-electron chi connectivity index (χ4n) is 4.07. The van der Waals surface area contributed by atoms with E-state index >= 15 is 0 Å². The molecular weight excluding hydrogens is 522 g/mol. The summed E-state index contributed by atoms with van der Waals surface area (Å²) in [4.78, 5) is 28.3. The third-order valence-electron chi connectivity index (χ3n) is 6.20. The molecule has 0 saturated carbocycles. The van der Waals surface area contributed by atoms with Gasteiger partial charge in [0.05, 0.1) is 10.6 Å². The molecule has 9 heteroatoms. The first kappa shape index (κ1) is 29.2. The Kier molecular flexibility index (Phi) is 9.94. The standard InChI is InChI=1S/C29H34ClN3O4S/c1-21(2)31-29(35)23(4)32(19-18-24-12-7-5-8-13-24)28(34)20-33(27-17-11-16-26(30)22(27)3)38(36,37)25-14-9-6-10-15-25/h5-17,21,23H,18-20H2,1-4H3,(H,31,35)/t23-/m1/s1. The van der Waals surface area contributed by atoms with Gasteiger partial charge in [0.1, 0.15) is 12.6 Å². The van der Waals surface area contributed by atoms with Gasteiger partial charge in [-0.2, -0.15) is 0 Å². The number of anilines is 1. The molecule has 0 spiro atoms. The zero-order chi connectivity index (χ0) is 27.9. The van der Waals surface area contributed by atoms with Crippen LogP contribution in [0, 0.1) is 6.92 Å². The summed E-state index contributed by atoms with van der Waals surface area (Å²) >= 11 is 6.34. The first-order valence-corrected chi connectivity index (χ1v) is 14.3. The minimum Gasteiger partial charge on any atom is -0.352 e. The molecule has 0 unspecified atom stereocenters. The largest absolute Gasteiger partial charge is 0.352 e. The number of hydrogen-bond donors (Lipinski definition) is 1. The van der Waals surface area contributed by atoms with Crippen LogP contribution in [-0.2, 0) is 26.0 Å². The highest BCUT2D eigenvalue weighted by Crippen LogP contribution is 2.31. The molecular formula is C29H34ClN3O4S. The van der Waals surface area contributed by atoms with Crippen molar-refractivity contribution in [2.45, 2.75) is 51.1 Å². The molecule has 1 atom stereocenters. The number of sulfonamides is 1. The maximum atomic E-state index is 13.9. The zero-order valence-electron chi connectivity index (χ0n) is 22.1. The number of nitrogens with zero attached hydrogens (tertiary/aromatic N) is 2. The van der Waals surface area contributed by atoms with Gasteiger partial charge in [0.2, 0.25) is 11.8 Å². The Balaban J connectivity index is 2.01. The van der Waals surface area contributed by atoms with Crippen molar-refractivity contribution in [3.8, 4) is 0 Å². The van der Waals surface area contributed by atoms with Crippen molar-refractivity contribution in [3.63, 3.8) is 0 Å². The second-order valence-electron chi connectivity index (χ2n) is 9.37. The predicted molar refractivity (Wildman–Crippen MR) is 152 cm³/mol. The Hall–Kier alpha value is -3.36. The van der Waals surface area contributed by atoms with Gasteiger partial charge in [0, 0.05) is 17.6 Å². The van der Waals surface area contributed by atoms with Crippen LogP contribution in [0.1, 0.15) is 31.9 Å². The van der Waals surface area contributed by atoms with Crippen molar-refractivity contribution in [1.82, 2.24) is 10.2 Å². The summed E-state index contributed by atoms with van der Waals surface area (Å²) in [6, 6.07) is 21.6. The lowest BCUT2D eigenvalue weighted by atomic mass is 10.1. The van der Waals surface area contributed by atoms with Crippen LogP contribution in [0.25, 0.3) is 0 Å². The lowest BCUT2D eigenvalue weighted by Crippen LogP contribution is -2.53. The van der Waals surface area contributed by atoms with Crippen LogP contribution >= 0.6 is 11.6 Å². The van der Waals surface area contributed by atoms with Crippen molar-refractivity contribution < 1.29 is 18.0 Å². The van der Waals surface area contributed by atoms with Crippen LogP contribution < -0.4 is 9.62 Å². The van der Waals surface area contributed by atoms with Gasteiger partial charge in [-0.1, -0.05) is 66.2 Å². The molecule has 0 heterocycles. The van der Waals surface area contributed by atoms with Gasteiger partial charge in [0.15, 0.2) is 0 Å². The summed E-state index contributed by atoms with van der Waals surface area (Å²) in [5, 5.41) is 3.23. The molecule has 3 aromatic rings. The number of carbonyl (C=O) groups excluding carboxylic acids is 2. The van der Waals surface area contributed by atoms with Crippen LogP contribution in [0.15, 0.2) is 83.8 Å². The van der Waals surface area contributed by atoms with E-state index in [1.54, 1.807) is 50.2 Å². The predicted octanol–water partition coefficient (Wildman–Crippen LogP) is 4.83. The normalized spacial score (nSPS) is 12.2. The van der Waals surface area contributed by atoms with E-state index in [4.69, 9.17) is 11.6 Å². The van der Waals surface area contributed by atoms with Crippen molar-refractivity contribution in [3.05, 3.63) is 95.0 Å². The van der Waals surface area contributed by atoms with Crippen molar-refractivity contribution in [2.24, 2.45) is 0 Å². The third-order valence-corrected chi connectivity index (χ3v) is 8.38. The SMILES string of the molecule is Cc1c(Cl)cccc1N(CC(=O)N(CCc1ccccc1)[C@H](C)C(=O)NC(C)C)S(=O)(=O)c1ccccc1. The van der Waals surface area contributed by atoms with E-state index in [9.17, 15) is 18.0 Å². The van der Waals surface area contributed by atoms with Gasteiger partial charge in [-0.25, -0.2) is 8.42 Å². The quantitative estimate of drug-likeness (QED) is 0.367. The Morgan fingerprint density at radius 1 is 0.895 bits per heavy atom. The van der Waals surface area contributed by atoms with E-state index in [0.29, 0.717) is 22.7 Å². The molecule has 7 nitrogen and oxygen atoms in total. The first-order chi connectivity index (χ1) is 18.0. The number of benzene rings is 3. The highest BCUT2D eigenvalue weighted by molar-refractivity contribution is 7.92. The third kappa shape index (κ3) is 7.14. The van der Waals surface area contributed by atoms with E-state index in [1.807, 2.05) is 44.2 Å². The number of amides is 2. The molecule has 0 fully saturated rings. The van der Waals surface area contributed by atoms with Gasteiger partial charge in [-0.3, -0.25) is 13.9 Å². The average molecular weight is 556 g/mol. The van der Waals surface area contributed by atoms with Crippen molar-refractivity contribution in [1.29, 1.82) is 0 Å². The molecule has 0 aliphatic heterocycles. The van der Waals surface area contributed by atoms with E-state index in [1.165, 1.54) is 17.0 Å². The Morgan fingerprint density at radius 2 is 1.50 bits per heavy atom. The Labute approximate surface area is 230 Å². The smallest absolute Gasteiger partial charge is 0.264 e. The number of hydrogen-bond acceptors (Lipinski definition) is 4. The highest BCUT2D eigenvalue weighted by atomic mass is 35.5. The van der Waals surface area contributed by atoms with E-state index in [-0.39, 0.29) is 23.4 Å². The van der Waals surface area contributed by atoms with E-state index in [0.717, 1.165) is 9.87 Å². The van der Waals surface area contributed by atoms with Gasteiger partial charge >= 0.3 is 0 Å². The molecule has 3 rings (SSSR count). The van der Waals surface area contributed by atoms with E-state index in [2.05, 4.69) is 5.32 Å². The number of nitrogens with one attached hydrogen (secondary N) is 1. The number of rotatable bonds is 11. The number of carbonyl (C=O) groups is 2.